The van der Waals surface area contributed by atoms with Crippen molar-refractivity contribution in [3.8, 4) is 0 Å². The molecule has 1 fully saturated rings. The zero-order chi connectivity index (χ0) is 14.5. The molecule has 3 heteroatoms. The zero-order valence-electron chi connectivity index (χ0n) is 13.1. The zero-order valence-corrected chi connectivity index (χ0v) is 13.1. The molecule has 0 radical (unpaired) electrons. The summed E-state index contributed by atoms with van der Waals surface area (Å²) < 4.78 is 0. The highest BCUT2D eigenvalue weighted by atomic mass is 15.2. The van der Waals surface area contributed by atoms with Crippen molar-refractivity contribution >= 4 is 5.96 Å². The summed E-state index contributed by atoms with van der Waals surface area (Å²) in [6.07, 6.45) is 1.26. The summed E-state index contributed by atoms with van der Waals surface area (Å²) in [5.41, 5.74) is 2.68. The molecule has 1 aliphatic carbocycles. The number of rotatable bonds is 5. The van der Waals surface area contributed by atoms with Gasteiger partial charge in [0.1, 0.15) is 0 Å². The average molecular weight is 273 g/mol. The Morgan fingerprint density at radius 1 is 1.45 bits per heavy atom. The molecule has 1 saturated carbocycles. The lowest BCUT2D eigenvalue weighted by atomic mass is 10.00. The van der Waals surface area contributed by atoms with Crippen LogP contribution in [0.4, 0.5) is 0 Å². The lowest BCUT2D eigenvalue weighted by molar-refractivity contribution is 0.733. The van der Waals surface area contributed by atoms with Crippen molar-refractivity contribution in [3.63, 3.8) is 0 Å². The van der Waals surface area contributed by atoms with Crippen LogP contribution in [0.2, 0.25) is 0 Å². The van der Waals surface area contributed by atoms with Crippen LogP contribution in [0.5, 0.6) is 0 Å². The third kappa shape index (κ3) is 4.26. The molecule has 1 aliphatic rings. The van der Waals surface area contributed by atoms with Crippen LogP contribution in [0.15, 0.2) is 29.3 Å². The summed E-state index contributed by atoms with van der Waals surface area (Å²) in [4.78, 5) is 4.73. The summed E-state index contributed by atoms with van der Waals surface area (Å²) in [6.45, 7) is 10.5. The number of aliphatic imine (C=N–C) groups is 1. The van der Waals surface area contributed by atoms with Crippen molar-refractivity contribution in [3.05, 3.63) is 35.4 Å². The second kappa shape index (κ2) is 6.78. The molecule has 3 atom stereocenters. The Bertz CT molecular complexity index is 467. The van der Waals surface area contributed by atoms with Crippen LogP contribution >= 0.6 is 0 Å². The molecule has 0 spiro atoms. The first kappa shape index (κ1) is 14.9. The topological polar surface area (TPSA) is 36.4 Å². The Labute approximate surface area is 122 Å². The maximum Gasteiger partial charge on any atom is 0.191 e. The molecule has 1 aromatic carbocycles. The van der Waals surface area contributed by atoms with E-state index in [1.54, 1.807) is 0 Å². The quantitative estimate of drug-likeness (QED) is 0.639. The van der Waals surface area contributed by atoms with Crippen molar-refractivity contribution in [2.45, 2.75) is 46.1 Å². The number of hydrogen-bond donors (Lipinski definition) is 2. The Morgan fingerprint density at radius 3 is 2.80 bits per heavy atom. The fourth-order valence-electron chi connectivity index (χ4n) is 2.33. The van der Waals surface area contributed by atoms with Crippen LogP contribution in [0.25, 0.3) is 0 Å². The van der Waals surface area contributed by atoms with Gasteiger partial charge in [-0.1, -0.05) is 43.7 Å². The van der Waals surface area contributed by atoms with Gasteiger partial charge < -0.3 is 10.6 Å². The number of aryl methyl sites for hydroxylation is 1. The first-order valence-electron chi connectivity index (χ1n) is 7.71. The number of nitrogens with zero attached hydrogens (tertiary/aromatic N) is 1. The van der Waals surface area contributed by atoms with Crippen molar-refractivity contribution in [1.29, 1.82) is 0 Å². The van der Waals surface area contributed by atoms with Crippen LogP contribution in [0.1, 0.15) is 44.2 Å². The number of guanidine groups is 1. The van der Waals surface area contributed by atoms with E-state index < -0.39 is 0 Å². The standard InChI is InChI=1S/C17H27N3/c1-5-18-17(20-16-10-13(16)3)19-11-14(4)15-8-6-7-12(2)9-15/h6-9,13-14,16H,5,10-11H2,1-4H3,(H2,18,19,20). The Morgan fingerprint density at radius 2 is 2.20 bits per heavy atom. The van der Waals surface area contributed by atoms with E-state index in [1.807, 2.05) is 0 Å². The highest BCUT2D eigenvalue weighted by Gasteiger charge is 2.33. The smallest absolute Gasteiger partial charge is 0.191 e. The normalized spacial score (nSPS) is 23.3. The van der Waals surface area contributed by atoms with E-state index in [-0.39, 0.29) is 0 Å². The highest BCUT2D eigenvalue weighted by Crippen LogP contribution is 2.28. The minimum absolute atomic E-state index is 0.446. The van der Waals surface area contributed by atoms with E-state index in [9.17, 15) is 0 Å². The molecule has 1 aromatic rings. The molecule has 20 heavy (non-hydrogen) atoms. The minimum atomic E-state index is 0.446. The largest absolute Gasteiger partial charge is 0.357 e. The van der Waals surface area contributed by atoms with Crippen LogP contribution in [0, 0.1) is 12.8 Å². The van der Waals surface area contributed by atoms with Crippen LogP contribution < -0.4 is 10.6 Å². The summed E-state index contributed by atoms with van der Waals surface area (Å²) in [7, 11) is 0. The molecule has 0 aromatic heterocycles. The van der Waals surface area contributed by atoms with Gasteiger partial charge in [0.15, 0.2) is 5.96 Å². The molecule has 0 heterocycles. The van der Waals surface area contributed by atoms with E-state index in [0.29, 0.717) is 12.0 Å². The Balaban J connectivity index is 1.93. The molecular formula is C17H27N3. The second-order valence-electron chi connectivity index (χ2n) is 6.00. The second-order valence-corrected chi connectivity index (χ2v) is 6.00. The maximum absolute atomic E-state index is 4.73. The molecule has 3 unspecified atom stereocenters. The van der Waals surface area contributed by atoms with E-state index in [4.69, 9.17) is 4.99 Å². The van der Waals surface area contributed by atoms with Crippen molar-refractivity contribution in [1.82, 2.24) is 10.6 Å². The molecule has 2 rings (SSSR count). The lowest BCUT2D eigenvalue weighted by Crippen LogP contribution is -2.39. The van der Waals surface area contributed by atoms with Gasteiger partial charge in [0.05, 0.1) is 0 Å². The van der Waals surface area contributed by atoms with Crippen molar-refractivity contribution in [2.75, 3.05) is 13.1 Å². The van der Waals surface area contributed by atoms with E-state index in [1.165, 1.54) is 17.5 Å². The Hall–Kier alpha value is -1.51. The first-order valence-corrected chi connectivity index (χ1v) is 7.71. The molecule has 110 valence electrons. The predicted octanol–water partition coefficient (Wildman–Crippen LogP) is 3.06. The van der Waals surface area contributed by atoms with E-state index in [0.717, 1.165) is 25.0 Å². The lowest BCUT2D eigenvalue weighted by Gasteiger charge is -2.14. The summed E-state index contributed by atoms with van der Waals surface area (Å²) in [5, 5.41) is 6.83. The van der Waals surface area contributed by atoms with Gasteiger partial charge in [-0.2, -0.15) is 0 Å². The fraction of sp³-hybridized carbons (Fsp3) is 0.588. The molecule has 2 N–H and O–H groups in total. The summed E-state index contributed by atoms with van der Waals surface area (Å²) in [5.74, 6) is 2.19. The van der Waals surface area contributed by atoms with Crippen molar-refractivity contribution in [2.24, 2.45) is 10.9 Å². The average Bonchev–Trinajstić information content (AvgIpc) is 3.11. The molecule has 0 bridgehead atoms. The third-order valence-corrected chi connectivity index (χ3v) is 3.91. The van der Waals surface area contributed by atoms with Gasteiger partial charge in [0.2, 0.25) is 0 Å². The molecular weight excluding hydrogens is 246 g/mol. The van der Waals surface area contributed by atoms with Crippen LogP contribution in [-0.2, 0) is 0 Å². The number of hydrogen-bond acceptors (Lipinski definition) is 1. The number of benzene rings is 1. The van der Waals surface area contributed by atoms with E-state index in [2.05, 4.69) is 62.6 Å². The van der Waals surface area contributed by atoms with E-state index >= 15 is 0 Å². The maximum atomic E-state index is 4.73. The Kier molecular flexibility index (Phi) is 5.05. The monoisotopic (exact) mass is 273 g/mol. The van der Waals surface area contributed by atoms with Gasteiger partial charge in [-0.05, 0) is 31.7 Å². The van der Waals surface area contributed by atoms with Gasteiger partial charge in [0, 0.05) is 25.0 Å². The molecule has 3 nitrogen and oxygen atoms in total. The van der Waals surface area contributed by atoms with Crippen LogP contribution in [-0.4, -0.2) is 25.1 Å². The predicted molar refractivity (Wildman–Crippen MR) is 86.3 cm³/mol. The van der Waals surface area contributed by atoms with Gasteiger partial charge in [-0.25, -0.2) is 0 Å². The van der Waals surface area contributed by atoms with Gasteiger partial charge >= 0.3 is 0 Å². The van der Waals surface area contributed by atoms with Crippen LogP contribution in [0.3, 0.4) is 0 Å². The third-order valence-electron chi connectivity index (χ3n) is 3.91. The van der Waals surface area contributed by atoms with Gasteiger partial charge in [-0.3, -0.25) is 4.99 Å². The fourth-order valence-corrected chi connectivity index (χ4v) is 2.33. The summed E-state index contributed by atoms with van der Waals surface area (Å²) >= 11 is 0. The SMILES string of the molecule is CCNC(=NCC(C)c1cccc(C)c1)NC1CC1C. The highest BCUT2D eigenvalue weighted by molar-refractivity contribution is 5.80. The molecule has 0 aliphatic heterocycles. The van der Waals surface area contributed by atoms with Gasteiger partial charge in [-0.15, -0.1) is 0 Å². The number of nitrogens with one attached hydrogen (secondary N) is 2. The summed E-state index contributed by atoms with van der Waals surface area (Å²) in [6, 6.07) is 9.32. The van der Waals surface area contributed by atoms with Crippen molar-refractivity contribution < 1.29 is 0 Å². The first-order chi connectivity index (χ1) is 9.60. The minimum Gasteiger partial charge on any atom is -0.357 e. The molecule has 0 amide bonds. The molecule has 0 saturated heterocycles. The van der Waals surface area contributed by atoms with Gasteiger partial charge in [0.25, 0.3) is 0 Å².